The van der Waals surface area contributed by atoms with Crippen molar-refractivity contribution in [2.75, 3.05) is 24.6 Å². The van der Waals surface area contributed by atoms with Crippen LogP contribution in [0.1, 0.15) is 95.3 Å². The van der Waals surface area contributed by atoms with Crippen LogP contribution in [0.3, 0.4) is 0 Å². The summed E-state index contributed by atoms with van der Waals surface area (Å²) in [5.74, 6) is 0.471. The molecule has 4 aromatic rings. The predicted molar refractivity (Wildman–Crippen MR) is 181 cm³/mol. The van der Waals surface area contributed by atoms with Crippen LogP contribution in [0.4, 0.5) is 5.82 Å². The van der Waals surface area contributed by atoms with Crippen molar-refractivity contribution in [2.24, 2.45) is 0 Å². The van der Waals surface area contributed by atoms with Gasteiger partial charge in [-0.3, -0.25) is 0 Å². The van der Waals surface area contributed by atoms with Gasteiger partial charge in [-0.05, 0) is 96.6 Å². The van der Waals surface area contributed by atoms with Gasteiger partial charge in [-0.15, -0.1) is 0 Å². The smallest absolute Gasteiger partial charge is 0.337 e. The van der Waals surface area contributed by atoms with Gasteiger partial charge in [-0.1, -0.05) is 24.3 Å². The summed E-state index contributed by atoms with van der Waals surface area (Å²) >= 11 is 0. The Morgan fingerprint density at radius 3 is 2.51 bits per heavy atom. The number of carboxylic acids is 1. The molecular weight excluding hydrogens is 596 g/mol. The van der Waals surface area contributed by atoms with Crippen molar-refractivity contribution in [1.82, 2.24) is 14.6 Å². The maximum absolute atomic E-state index is 12.7. The van der Waals surface area contributed by atoms with Crippen molar-refractivity contribution in [3.63, 3.8) is 0 Å². The van der Waals surface area contributed by atoms with Gasteiger partial charge in [0.15, 0.2) is 11.8 Å². The van der Waals surface area contributed by atoms with E-state index < -0.39 is 17.7 Å². The second-order valence-electron chi connectivity index (χ2n) is 14.3. The van der Waals surface area contributed by atoms with Crippen molar-refractivity contribution >= 4 is 28.2 Å². The maximum atomic E-state index is 12.7. The molecule has 0 amide bonds. The van der Waals surface area contributed by atoms with Crippen LogP contribution < -0.4 is 9.64 Å². The van der Waals surface area contributed by atoms with Crippen LogP contribution >= 0.6 is 0 Å². The van der Waals surface area contributed by atoms with Crippen LogP contribution in [0.2, 0.25) is 0 Å². The summed E-state index contributed by atoms with van der Waals surface area (Å²) < 4.78 is 27.3. The number of aliphatic carboxylic acids is 1. The lowest BCUT2D eigenvalue weighted by atomic mass is 9.92. The molecule has 3 aliphatic rings. The zero-order valence-corrected chi connectivity index (χ0v) is 28.5. The first-order valence-corrected chi connectivity index (χ1v) is 16.8. The monoisotopic (exact) mass is 644 g/mol. The molecule has 10 nitrogen and oxygen atoms in total. The molecule has 1 saturated heterocycles. The van der Waals surface area contributed by atoms with Crippen LogP contribution in [-0.4, -0.2) is 62.7 Å². The number of piperidine rings is 1. The first-order valence-electron chi connectivity index (χ1n) is 16.8. The van der Waals surface area contributed by atoms with E-state index in [9.17, 15) is 9.90 Å². The van der Waals surface area contributed by atoms with Gasteiger partial charge in [0, 0.05) is 37.0 Å². The number of nitrogens with zero attached hydrogens (tertiary/aromatic N) is 4. The minimum Gasteiger partial charge on any atom is -0.490 e. The lowest BCUT2D eigenvalue weighted by molar-refractivity contribution is -0.160. The fourth-order valence-electron chi connectivity index (χ4n) is 6.65. The van der Waals surface area contributed by atoms with E-state index in [0.717, 1.165) is 54.2 Å². The van der Waals surface area contributed by atoms with Gasteiger partial charge >= 0.3 is 5.97 Å². The molecule has 0 radical (unpaired) electrons. The van der Waals surface area contributed by atoms with Gasteiger partial charge in [-0.25, -0.2) is 9.78 Å². The lowest BCUT2D eigenvalue weighted by Gasteiger charge is -2.41. The first-order chi connectivity index (χ1) is 22.4. The molecule has 1 N–H and O–H groups in total. The van der Waals surface area contributed by atoms with E-state index >= 15 is 0 Å². The third-order valence-electron chi connectivity index (χ3n) is 9.15. The van der Waals surface area contributed by atoms with E-state index in [2.05, 4.69) is 43.0 Å². The quantitative estimate of drug-likeness (QED) is 0.248. The van der Waals surface area contributed by atoms with Crippen LogP contribution in [-0.2, 0) is 32.2 Å². The fourth-order valence-corrected chi connectivity index (χ4v) is 6.65. The molecule has 5 heterocycles. The average Bonchev–Trinajstić information content (AvgIpc) is 3.41. The third-order valence-corrected chi connectivity index (χ3v) is 9.15. The Kier molecular flexibility index (Phi) is 9.47. The molecule has 0 unspecified atom stereocenters. The number of ether oxygens (including phenoxy) is 4. The second-order valence-corrected chi connectivity index (χ2v) is 14.3. The number of benzene rings is 2. The average molecular weight is 645 g/mol. The van der Waals surface area contributed by atoms with Crippen LogP contribution in [0.25, 0.3) is 16.4 Å². The standard InChI is InChI=1S/C37H48N4O6/c1-24-11-9-10-18-45-37(6)14-16-40(17-15-37)34-32(33(35(42)43)47-36(3,4)5)25(2)38-31-21-29(39-41(31)34)23-44-22-28-19-26-12-7-8-13-27(26)20-30(28)46-24/h7-8,12-13,19-21,24,33H,9-11,14-18,22-23H2,1-6H3,(H,42,43)/t24-,33-/m0/s1. The molecule has 252 valence electrons. The maximum Gasteiger partial charge on any atom is 0.337 e. The largest absolute Gasteiger partial charge is 0.490 e. The number of aromatic nitrogens is 3. The highest BCUT2D eigenvalue weighted by atomic mass is 16.5. The van der Waals surface area contributed by atoms with Gasteiger partial charge in [-0.2, -0.15) is 9.61 Å². The molecule has 0 saturated carbocycles. The Morgan fingerprint density at radius 2 is 1.81 bits per heavy atom. The van der Waals surface area contributed by atoms with Crippen molar-refractivity contribution in [2.45, 2.75) is 110 Å². The molecule has 2 aromatic heterocycles. The molecule has 2 atom stereocenters. The number of hydrogen-bond acceptors (Lipinski definition) is 8. The zero-order chi connectivity index (χ0) is 33.3. The summed E-state index contributed by atoms with van der Waals surface area (Å²) in [6.07, 6.45) is 3.33. The van der Waals surface area contributed by atoms with Gasteiger partial charge < -0.3 is 29.0 Å². The summed E-state index contributed by atoms with van der Waals surface area (Å²) in [5.41, 5.74) is 2.49. The number of carboxylic acid groups (broad SMARTS) is 1. The van der Waals surface area contributed by atoms with Gasteiger partial charge in [0.1, 0.15) is 11.6 Å². The lowest BCUT2D eigenvalue weighted by Crippen LogP contribution is -2.46. The number of hydrogen-bond donors (Lipinski definition) is 1. The van der Waals surface area contributed by atoms with E-state index in [1.165, 1.54) is 0 Å². The molecule has 10 heteroatoms. The van der Waals surface area contributed by atoms with Gasteiger partial charge in [0.05, 0.1) is 41.8 Å². The highest BCUT2D eigenvalue weighted by Crippen LogP contribution is 2.38. The summed E-state index contributed by atoms with van der Waals surface area (Å²) in [4.78, 5) is 19.8. The van der Waals surface area contributed by atoms with Crippen molar-refractivity contribution in [1.29, 1.82) is 0 Å². The Balaban J connectivity index is 1.40. The fraction of sp³-hybridized carbons (Fsp3) is 0.541. The molecule has 47 heavy (non-hydrogen) atoms. The summed E-state index contributed by atoms with van der Waals surface area (Å²) in [6.45, 7) is 14.4. The third kappa shape index (κ3) is 7.55. The summed E-state index contributed by atoms with van der Waals surface area (Å²) in [6, 6.07) is 14.4. The zero-order valence-electron chi connectivity index (χ0n) is 28.5. The Hall–Kier alpha value is -3.73. The van der Waals surface area contributed by atoms with Crippen LogP contribution in [0.15, 0.2) is 42.5 Å². The number of fused-ring (bicyclic) bond motifs is 11. The molecule has 0 aliphatic carbocycles. The van der Waals surface area contributed by atoms with Crippen molar-refractivity contribution in [3.8, 4) is 5.75 Å². The van der Waals surface area contributed by atoms with Crippen molar-refractivity contribution < 1.29 is 28.8 Å². The number of anilines is 1. The Bertz CT molecular complexity index is 1740. The van der Waals surface area contributed by atoms with E-state index in [1.54, 1.807) is 4.52 Å². The predicted octanol–water partition coefficient (Wildman–Crippen LogP) is 7.18. The summed E-state index contributed by atoms with van der Waals surface area (Å²) in [7, 11) is 0. The normalized spacial score (nSPS) is 22.3. The van der Waals surface area contributed by atoms with E-state index in [-0.39, 0.29) is 18.3 Å². The number of carbonyl (C=O) groups is 1. The van der Waals surface area contributed by atoms with Crippen molar-refractivity contribution in [3.05, 3.63) is 65.0 Å². The van der Waals surface area contributed by atoms with E-state index in [1.807, 2.05) is 45.9 Å². The van der Waals surface area contributed by atoms with E-state index in [4.69, 9.17) is 29.0 Å². The summed E-state index contributed by atoms with van der Waals surface area (Å²) in [5, 5.41) is 17.6. The van der Waals surface area contributed by atoms with Crippen LogP contribution in [0.5, 0.6) is 5.75 Å². The molecular formula is C37H48N4O6. The highest BCUT2D eigenvalue weighted by Gasteiger charge is 2.37. The van der Waals surface area contributed by atoms with Gasteiger partial charge in [0.2, 0.25) is 0 Å². The van der Waals surface area contributed by atoms with E-state index in [0.29, 0.717) is 54.7 Å². The molecule has 2 aromatic carbocycles. The number of aryl methyl sites for hydroxylation is 1. The Labute approximate surface area is 277 Å². The first kappa shape index (κ1) is 33.2. The minimum atomic E-state index is -1.21. The van der Waals surface area contributed by atoms with Gasteiger partial charge in [0.25, 0.3) is 0 Å². The number of rotatable bonds is 3. The molecule has 4 bridgehead atoms. The topological polar surface area (TPSA) is 108 Å². The minimum absolute atomic E-state index is 0.0524. The highest BCUT2D eigenvalue weighted by molar-refractivity contribution is 5.85. The molecule has 3 aliphatic heterocycles. The second kappa shape index (κ2) is 13.4. The van der Waals surface area contributed by atoms with Crippen LogP contribution in [0, 0.1) is 6.92 Å². The Morgan fingerprint density at radius 1 is 1.09 bits per heavy atom. The molecule has 1 fully saturated rings. The SMILES string of the molecule is Cc1nc2cc3nn2c(c1[C@H](OC(C)(C)C)C(=O)O)N1CCC(C)(CC1)OCCCC[C@H](C)Oc1cc2ccccc2cc1COC3. The molecule has 0 spiro atoms. The molecule has 7 rings (SSSR count).